The summed E-state index contributed by atoms with van der Waals surface area (Å²) in [7, 11) is 0. The second-order valence-corrected chi connectivity index (χ2v) is 4.49. The number of nitrogens with one attached hydrogen (secondary N) is 1. The number of nitrogens with zero attached hydrogens (tertiary/aromatic N) is 4. The van der Waals surface area contributed by atoms with E-state index in [0.717, 1.165) is 4.68 Å². The van der Waals surface area contributed by atoms with Crippen molar-refractivity contribution in [3.8, 4) is 0 Å². The molecule has 0 unspecified atom stereocenters. The van der Waals surface area contributed by atoms with Gasteiger partial charge in [0.1, 0.15) is 0 Å². The van der Waals surface area contributed by atoms with Crippen LogP contribution in [-0.2, 0) is 4.74 Å². The summed E-state index contributed by atoms with van der Waals surface area (Å²) in [4.78, 5) is 17.8. The lowest BCUT2D eigenvalue weighted by atomic mass is 10.0. The van der Waals surface area contributed by atoms with Gasteiger partial charge in [-0.1, -0.05) is 12.1 Å². The Morgan fingerprint density at radius 1 is 1.63 bits per heavy atom. The number of halogens is 1. The van der Waals surface area contributed by atoms with Gasteiger partial charge < -0.3 is 14.8 Å². The summed E-state index contributed by atoms with van der Waals surface area (Å²) in [5.74, 6) is -0.476. The van der Waals surface area contributed by atoms with Crippen LogP contribution in [0.25, 0.3) is 11.2 Å². The van der Waals surface area contributed by atoms with E-state index in [2.05, 4.69) is 20.3 Å². The lowest BCUT2D eigenvalue weighted by Crippen LogP contribution is -2.22. The molecular formula is C10H12FN5O3. The van der Waals surface area contributed by atoms with E-state index in [1.807, 2.05) is 0 Å². The molecule has 0 aromatic carbocycles. The fourth-order valence-electron chi connectivity index (χ4n) is 2.19. The number of aliphatic hydroxyl groups excluding tert-OH is 1. The molecular weight excluding hydrogens is 257 g/mol. The first kappa shape index (κ1) is 12.2. The Morgan fingerprint density at radius 2 is 2.42 bits per heavy atom. The van der Waals surface area contributed by atoms with Crippen LogP contribution in [0.15, 0.2) is 11.1 Å². The van der Waals surface area contributed by atoms with E-state index in [9.17, 15) is 9.18 Å². The van der Waals surface area contributed by atoms with Crippen LogP contribution in [0.2, 0.25) is 0 Å². The van der Waals surface area contributed by atoms with Crippen molar-refractivity contribution in [3.05, 3.63) is 16.7 Å². The van der Waals surface area contributed by atoms with Gasteiger partial charge in [0.25, 0.3) is 5.56 Å². The van der Waals surface area contributed by atoms with E-state index in [1.54, 1.807) is 6.92 Å². The summed E-state index contributed by atoms with van der Waals surface area (Å²) in [6.07, 6.45) is -1.81. The van der Waals surface area contributed by atoms with Crippen molar-refractivity contribution in [2.45, 2.75) is 25.4 Å². The van der Waals surface area contributed by atoms with Gasteiger partial charge in [-0.2, -0.15) is 4.68 Å². The monoisotopic (exact) mass is 269 g/mol. The van der Waals surface area contributed by atoms with Gasteiger partial charge in [-0.3, -0.25) is 4.79 Å². The van der Waals surface area contributed by atoms with Gasteiger partial charge in [0.15, 0.2) is 23.6 Å². The van der Waals surface area contributed by atoms with E-state index >= 15 is 0 Å². The number of rotatable bonds is 2. The Bertz CT molecular complexity index is 656. The first-order valence-corrected chi connectivity index (χ1v) is 5.82. The van der Waals surface area contributed by atoms with Gasteiger partial charge >= 0.3 is 0 Å². The minimum absolute atomic E-state index is 0.0263. The van der Waals surface area contributed by atoms with Crippen molar-refractivity contribution in [2.75, 3.05) is 6.61 Å². The molecule has 1 aliphatic heterocycles. The highest BCUT2D eigenvalue weighted by molar-refractivity contribution is 5.67. The zero-order valence-corrected chi connectivity index (χ0v) is 10.0. The second-order valence-electron chi connectivity index (χ2n) is 4.49. The van der Waals surface area contributed by atoms with Crippen LogP contribution < -0.4 is 5.56 Å². The maximum Gasteiger partial charge on any atom is 0.280 e. The van der Waals surface area contributed by atoms with E-state index in [4.69, 9.17) is 9.84 Å². The fourth-order valence-corrected chi connectivity index (χ4v) is 2.19. The number of H-pyrrole nitrogens is 1. The molecule has 8 nitrogen and oxygen atoms in total. The van der Waals surface area contributed by atoms with Gasteiger partial charge in [0, 0.05) is 5.92 Å². The summed E-state index contributed by atoms with van der Waals surface area (Å²) >= 11 is 0. The first-order valence-electron chi connectivity index (χ1n) is 5.82. The normalized spacial score (nSPS) is 31.1. The molecule has 1 aliphatic rings. The number of aromatic amines is 1. The molecule has 2 aromatic heterocycles. The molecule has 1 fully saturated rings. The zero-order chi connectivity index (χ0) is 13.6. The maximum absolute atomic E-state index is 14.2. The number of ether oxygens (including phenoxy) is 1. The lowest BCUT2D eigenvalue weighted by Gasteiger charge is -2.13. The number of aromatic nitrogens is 5. The highest BCUT2D eigenvalue weighted by Crippen LogP contribution is 2.36. The molecule has 0 aliphatic carbocycles. The summed E-state index contributed by atoms with van der Waals surface area (Å²) in [6, 6.07) is 0. The number of aliphatic hydroxyl groups is 1. The predicted octanol–water partition coefficient (Wildman–Crippen LogP) is -0.622. The van der Waals surface area contributed by atoms with Gasteiger partial charge in [0.2, 0.25) is 0 Å². The smallest absolute Gasteiger partial charge is 0.280 e. The first-order chi connectivity index (χ1) is 9.13. The summed E-state index contributed by atoms with van der Waals surface area (Å²) < 4.78 is 20.7. The van der Waals surface area contributed by atoms with Crippen LogP contribution in [-0.4, -0.2) is 49.0 Å². The molecule has 0 spiro atoms. The van der Waals surface area contributed by atoms with E-state index in [1.165, 1.54) is 6.33 Å². The topological polar surface area (TPSA) is 106 Å². The Balaban J connectivity index is 2.06. The number of hydrogen-bond acceptors (Lipinski definition) is 6. The summed E-state index contributed by atoms with van der Waals surface area (Å²) in [5, 5.41) is 16.5. The van der Waals surface area contributed by atoms with Crippen LogP contribution in [0.1, 0.15) is 13.2 Å². The summed E-state index contributed by atoms with van der Waals surface area (Å²) in [5.41, 5.74) is -0.267. The Labute approximate surface area is 106 Å². The van der Waals surface area contributed by atoms with Crippen molar-refractivity contribution in [2.24, 2.45) is 5.92 Å². The van der Waals surface area contributed by atoms with Crippen LogP contribution in [0.3, 0.4) is 0 Å². The van der Waals surface area contributed by atoms with E-state index in [-0.39, 0.29) is 17.8 Å². The molecule has 3 heterocycles. The molecule has 102 valence electrons. The minimum Gasteiger partial charge on any atom is -0.394 e. The number of hydrogen-bond donors (Lipinski definition) is 2. The van der Waals surface area contributed by atoms with Gasteiger partial charge in [0.05, 0.1) is 19.0 Å². The van der Waals surface area contributed by atoms with Crippen LogP contribution in [0, 0.1) is 5.92 Å². The number of alkyl halides is 1. The fraction of sp³-hybridized carbons (Fsp3) is 0.600. The SMILES string of the molecule is C[C@H]1[C@@H](F)[C@H](n2nnc3c(=O)[nH]cnc32)O[C@@H]1CO. The third-order valence-corrected chi connectivity index (χ3v) is 3.36. The van der Waals surface area contributed by atoms with Crippen LogP contribution in [0.4, 0.5) is 4.39 Å². The highest BCUT2D eigenvalue weighted by Gasteiger charge is 2.44. The van der Waals surface area contributed by atoms with Crippen molar-refractivity contribution in [3.63, 3.8) is 0 Å². The molecule has 0 bridgehead atoms. The Kier molecular flexibility index (Phi) is 2.79. The van der Waals surface area contributed by atoms with Gasteiger partial charge in [-0.15, -0.1) is 5.10 Å². The molecule has 0 radical (unpaired) electrons. The highest BCUT2D eigenvalue weighted by atomic mass is 19.1. The molecule has 0 saturated carbocycles. The van der Waals surface area contributed by atoms with E-state index < -0.39 is 30.0 Å². The third-order valence-electron chi connectivity index (χ3n) is 3.36. The zero-order valence-electron chi connectivity index (χ0n) is 10.0. The largest absolute Gasteiger partial charge is 0.394 e. The maximum atomic E-state index is 14.2. The Morgan fingerprint density at radius 3 is 3.11 bits per heavy atom. The van der Waals surface area contributed by atoms with Crippen LogP contribution in [0.5, 0.6) is 0 Å². The Hall–Kier alpha value is -1.87. The average molecular weight is 269 g/mol. The molecule has 4 atom stereocenters. The molecule has 1 saturated heterocycles. The quantitative estimate of drug-likeness (QED) is 0.752. The standard InChI is InChI=1S/C10H12FN5O3/c1-4-5(2-17)19-10(6(4)11)16-8-7(14-15-16)9(18)13-3-12-8/h3-6,10,17H,2H2,1H3,(H,12,13,18)/t4-,5-,6-,10-/m1/s1. The van der Waals surface area contributed by atoms with Gasteiger partial charge in [-0.25, -0.2) is 9.37 Å². The van der Waals surface area contributed by atoms with Crippen molar-refractivity contribution in [1.82, 2.24) is 25.0 Å². The van der Waals surface area contributed by atoms with Crippen molar-refractivity contribution < 1.29 is 14.2 Å². The predicted molar refractivity (Wildman–Crippen MR) is 61.0 cm³/mol. The third kappa shape index (κ3) is 1.73. The second kappa shape index (κ2) is 4.35. The van der Waals surface area contributed by atoms with Crippen LogP contribution >= 0.6 is 0 Å². The molecule has 0 amide bonds. The minimum atomic E-state index is -1.36. The van der Waals surface area contributed by atoms with Crippen molar-refractivity contribution in [1.29, 1.82) is 0 Å². The molecule has 2 N–H and O–H groups in total. The van der Waals surface area contributed by atoms with Gasteiger partial charge in [-0.05, 0) is 0 Å². The number of fused-ring (bicyclic) bond motifs is 1. The molecule has 2 aromatic rings. The molecule has 3 rings (SSSR count). The molecule has 19 heavy (non-hydrogen) atoms. The average Bonchev–Trinajstić information content (AvgIpc) is 2.94. The summed E-state index contributed by atoms with van der Waals surface area (Å²) in [6.45, 7) is 1.36. The van der Waals surface area contributed by atoms with Crippen molar-refractivity contribution >= 4 is 11.2 Å². The van der Waals surface area contributed by atoms with E-state index in [0.29, 0.717) is 0 Å². The molecule has 9 heteroatoms. The lowest BCUT2D eigenvalue weighted by molar-refractivity contribution is -0.0444.